The molecule has 2 fully saturated rings. The average Bonchev–Trinajstić information content (AvgIpc) is 3.24. The van der Waals surface area contributed by atoms with Gasteiger partial charge in [0.25, 0.3) is 0 Å². The van der Waals surface area contributed by atoms with Crippen molar-refractivity contribution >= 4 is 11.9 Å². The first-order chi connectivity index (χ1) is 18.9. The van der Waals surface area contributed by atoms with E-state index in [-0.39, 0.29) is 44.1 Å². The van der Waals surface area contributed by atoms with Crippen molar-refractivity contribution in [3.05, 3.63) is 89.2 Å². The Hall–Kier alpha value is -3.85. The molecular weight excluding hydrogens is 511 g/mol. The van der Waals surface area contributed by atoms with Crippen LogP contribution in [0.15, 0.2) is 66.7 Å². The normalized spacial score (nSPS) is 21.8. The number of Topliss-reactive ketones (excluding diaryl/α,β-unsaturated/α-hetero) is 1. The van der Waals surface area contributed by atoms with E-state index in [0.29, 0.717) is 0 Å². The molecule has 0 saturated carbocycles. The number of fused-ring (bicyclic) bond motifs is 5. The Morgan fingerprint density at radius 1 is 0.923 bits per heavy atom. The van der Waals surface area contributed by atoms with Crippen LogP contribution in [0.4, 0.5) is 18.0 Å². The Bertz CT molecular complexity index is 1350. The van der Waals surface area contributed by atoms with Gasteiger partial charge in [-0.15, -0.1) is 0 Å². The summed E-state index contributed by atoms with van der Waals surface area (Å²) in [5.74, 6) is -2.34. The Morgan fingerprint density at radius 3 is 2.15 bits per heavy atom. The summed E-state index contributed by atoms with van der Waals surface area (Å²) in [7, 11) is 0. The van der Waals surface area contributed by atoms with Gasteiger partial charge in [0.05, 0.1) is 30.9 Å². The Balaban J connectivity index is 1.17. The number of rotatable bonds is 6. The smallest absolute Gasteiger partial charge is 0.410 e. The number of alkyl halides is 2. The predicted molar refractivity (Wildman–Crippen MR) is 135 cm³/mol. The fraction of sp³-hybridized carbons (Fsp3) is 0.333. The van der Waals surface area contributed by atoms with E-state index in [0.717, 1.165) is 34.4 Å². The summed E-state index contributed by atoms with van der Waals surface area (Å²) in [5, 5.41) is 0. The van der Waals surface area contributed by atoms with E-state index in [1.54, 1.807) is 4.90 Å². The van der Waals surface area contributed by atoms with E-state index >= 15 is 0 Å². The van der Waals surface area contributed by atoms with Gasteiger partial charge in [0.15, 0.2) is 5.78 Å². The molecule has 9 heteroatoms. The van der Waals surface area contributed by atoms with E-state index in [1.807, 2.05) is 24.3 Å². The number of nitrogens with zero attached hydrogens (tertiary/aromatic N) is 1. The Kier molecular flexibility index (Phi) is 6.76. The highest BCUT2D eigenvalue weighted by atomic mass is 19.3. The average molecular weight is 538 g/mol. The van der Waals surface area contributed by atoms with Crippen molar-refractivity contribution in [3.63, 3.8) is 0 Å². The first-order valence-electron chi connectivity index (χ1n) is 12.9. The number of halogens is 3. The van der Waals surface area contributed by atoms with Gasteiger partial charge in [-0.25, -0.2) is 9.18 Å². The fourth-order valence-electron chi connectivity index (χ4n) is 6.21. The molecule has 3 aromatic rings. The van der Waals surface area contributed by atoms with E-state index in [1.165, 1.54) is 6.07 Å². The number of carbonyl (C=O) groups is 2. The molecule has 2 saturated heterocycles. The van der Waals surface area contributed by atoms with E-state index in [2.05, 4.69) is 29.0 Å². The standard InChI is InChI=1S/C30H26F3NO5/c31-18-9-10-25(27(13-18)39-29(32)33)28(35)17-11-19-14-37-15-20(12-17)34(19)30(36)38-16-26-23-7-3-1-5-21(23)22-6-2-4-8-24(22)26/h1-10,13,17,19-20,26,29H,11-12,14-16H2. The van der Waals surface area contributed by atoms with Gasteiger partial charge < -0.3 is 14.2 Å². The molecule has 3 aromatic carbocycles. The Morgan fingerprint density at radius 2 is 1.54 bits per heavy atom. The Labute approximate surface area is 223 Å². The number of hydrogen-bond acceptors (Lipinski definition) is 5. The first kappa shape index (κ1) is 25.4. The van der Waals surface area contributed by atoms with Crippen molar-refractivity contribution in [1.82, 2.24) is 4.90 Å². The van der Waals surface area contributed by atoms with E-state index < -0.39 is 48.1 Å². The molecule has 0 N–H and O–H groups in total. The van der Waals surface area contributed by atoms with Crippen LogP contribution in [0.1, 0.15) is 40.2 Å². The van der Waals surface area contributed by atoms with Crippen LogP contribution < -0.4 is 4.74 Å². The van der Waals surface area contributed by atoms with Crippen molar-refractivity contribution in [2.24, 2.45) is 5.92 Å². The van der Waals surface area contributed by atoms with Gasteiger partial charge in [-0.05, 0) is 47.2 Å². The summed E-state index contributed by atoms with van der Waals surface area (Å²) in [4.78, 5) is 28.4. The number of morpholine rings is 1. The van der Waals surface area contributed by atoms with Gasteiger partial charge in [0.1, 0.15) is 18.2 Å². The lowest BCUT2D eigenvalue weighted by molar-refractivity contribution is -0.0749. The third kappa shape index (κ3) is 4.76. The highest BCUT2D eigenvalue weighted by molar-refractivity contribution is 6.00. The van der Waals surface area contributed by atoms with Crippen LogP contribution in [0, 0.1) is 11.7 Å². The lowest BCUT2D eigenvalue weighted by Gasteiger charge is -2.47. The van der Waals surface area contributed by atoms with Crippen LogP contribution in [0.25, 0.3) is 11.1 Å². The summed E-state index contributed by atoms with van der Waals surface area (Å²) in [5.41, 5.74) is 4.39. The SMILES string of the molecule is O=C(c1ccc(F)cc1OC(F)F)C1CC2COCC(C1)N2C(=O)OCC1c2ccccc2-c2ccccc21. The second-order valence-electron chi connectivity index (χ2n) is 10.1. The topological polar surface area (TPSA) is 65.1 Å². The molecule has 39 heavy (non-hydrogen) atoms. The zero-order valence-corrected chi connectivity index (χ0v) is 20.9. The molecule has 2 heterocycles. The van der Waals surface area contributed by atoms with Gasteiger partial charge in [0, 0.05) is 17.9 Å². The number of hydrogen-bond donors (Lipinski definition) is 0. The molecule has 0 radical (unpaired) electrons. The maximum atomic E-state index is 13.7. The summed E-state index contributed by atoms with van der Waals surface area (Å²) >= 11 is 0. The van der Waals surface area contributed by atoms with Gasteiger partial charge in [-0.2, -0.15) is 8.78 Å². The highest BCUT2D eigenvalue weighted by Crippen LogP contribution is 2.45. The third-order valence-electron chi connectivity index (χ3n) is 7.86. The number of carbonyl (C=O) groups excluding carboxylic acids is 2. The van der Waals surface area contributed by atoms with Crippen LogP contribution >= 0.6 is 0 Å². The summed E-state index contributed by atoms with van der Waals surface area (Å²) in [6.07, 6.45) is 0.0698. The fourth-order valence-corrected chi connectivity index (χ4v) is 6.21. The molecule has 6 nitrogen and oxygen atoms in total. The van der Waals surface area contributed by atoms with Crippen LogP contribution in [0.2, 0.25) is 0 Å². The minimum atomic E-state index is -3.19. The van der Waals surface area contributed by atoms with Gasteiger partial charge in [-0.3, -0.25) is 9.69 Å². The molecule has 2 unspecified atom stereocenters. The number of piperidine rings is 1. The number of amides is 1. The summed E-state index contributed by atoms with van der Waals surface area (Å²) < 4.78 is 55.4. The zero-order valence-electron chi connectivity index (χ0n) is 20.9. The highest BCUT2D eigenvalue weighted by Gasteiger charge is 2.45. The van der Waals surface area contributed by atoms with Crippen LogP contribution in [0.5, 0.6) is 5.75 Å². The van der Waals surface area contributed by atoms with Crippen molar-refractivity contribution in [2.45, 2.75) is 37.5 Å². The molecule has 2 atom stereocenters. The van der Waals surface area contributed by atoms with E-state index in [9.17, 15) is 22.8 Å². The monoisotopic (exact) mass is 537 g/mol. The first-order valence-corrected chi connectivity index (χ1v) is 12.9. The van der Waals surface area contributed by atoms with Gasteiger partial charge in [-0.1, -0.05) is 48.5 Å². The molecular formula is C30H26F3NO5. The number of ketones is 1. The van der Waals surface area contributed by atoms with Crippen LogP contribution in [0.3, 0.4) is 0 Å². The molecule has 0 spiro atoms. The van der Waals surface area contributed by atoms with Crippen LogP contribution in [-0.2, 0) is 9.47 Å². The quantitative estimate of drug-likeness (QED) is 0.359. The second-order valence-corrected chi connectivity index (χ2v) is 10.1. The van der Waals surface area contributed by atoms with Crippen molar-refractivity contribution < 1.29 is 37.0 Å². The lowest BCUT2D eigenvalue weighted by atomic mass is 9.80. The molecule has 6 rings (SSSR count). The lowest BCUT2D eigenvalue weighted by Crippen LogP contribution is -2.60. The summed E-state index contributed by atoms with van der Waals surface area (Å²) in [6, 6.07) is 18.3. The maximum Gasteiger partial charge on any atom is 0.410 e. The molecule has 202 valence electrons. The van der Waals surface area contributed by atoms with E-state index in [4.69, 9.17) is 9.47 Å². The van der Waals surface area contributed by atoms with Crippen molar-refractivity contribution in [3.8, 4) is 16.9 Å². The minimum absolute atomic E-state index is 0.0803. The third-order valence-corrected chi connectivity index (χ3v) is 7.86. The van der Waals surface area contributed by atoms with Gasteiger partial charge >= 0.3 is 12.7 Å². The minimum Gasteiger partial charge on any atom is -0.448 e. The van der Waals surface area contributed by atoms with Crippen LogP contribution in [-0.4, -0.2) is 55.3 Å². The van der Waals surface area contributed by atoms with Crippen molar-refractivity contribution in [2.75, 3.05) is 19.8 Å². The van der Waals surface area contributed by atoms with Gasteiger partial charge in [0.2, 0.25) is 0 Å². The number of benzene rings is 3. The molecule has 3 aliphatic rings. The molecule has 1 aliphatic carbocycles. The molecule has 0 aromatic heterocycles. The summed E-state index contributed by atoms with van der Waals surface area (Å²) in [6.45, 7) is -2.56. The largest absolute Gasteiger partial charge is 0.448 e. The molecule has 1 amide bonds. The molecule has 2 bridgehead atoms. The predicted octanol–water partition coefficient (Wildman–Crippen LogP) is 6.04. The number of ether oxygens (including phenoxy) is 3. The molecule has 2 aliphatic heterocycles. The maximum absolute atomic E-state index is 13.7. The zero-order chi connectivity index (χ0) is 27.1. The second kappa shape index (κ2) is 10.4. The van der Waals surface area contributed by atoms with Crippen molar-refractivity contribution in [1.29, 1.82) is 0 Å².